The van der Waals surface area contributed by atoms with Gasteiger partial charge in [0.1, 0.15) is 0 Å². The van der Waals surface area contributed by atoms with Gasteiger partial charge in [0.05, 0.1) is 0 Å². The molecule has 0 amide bonds. The average molecular weight is 289 g/mol. The smallest absolute Gasteiger partial charge is 0.165 e. The quantitative estimate of drug-likeness (QED) is 0.894. The summed E-state index contributed by atoms with van der Waals surface area (Å²) in [4.78, 5) is 2.39. The molecule has 0 aliphatic carbocycles. The maximum atomic E-state index is 13.5. The fourth-order valence-corrected chi connectivity index (χ4v) is 2.56. The van der Waals surface area contributed by atoms with Crippen molar-refractivity contribution in [1.29, 1.82) is 0 Å². The third kappa shape index (κ3) is 4.06. The first-order valence-electron chi connectivity index (χ1n) is 6.65. The Bertz CT molecular complexity index is 397. The van der Waals surface area contributed by atoms with E-state index in [0.717, 1.165) is 44.6 Å². The first-order valence-corrected chi connectivity index (χ1v) is 6.65. The van der Waals surface area contributed by atoms with Gasteiger partial charge < -0.3 is 10.4 Å². The van der Waals surface area contributed by atoms with Gasteiger partial charge in [-0.15, -0.1) is 12.4 Å². The number of nitrogens with one attached hydrogen (secondary N) is 1. The fourth-order valence-electron chi connectivity index (χ4n) is 2.56. The number of phenolic OH excluding ortho intramolecular Hbond substituents is 1. The van der Waals surface area contributed by atoms with Crippen molar-refractivity contribution >= 4 is 12.4 Å². The lowest BCUT2D eigenvalue weighted by atomic mass is 9.99. The molecule has 1 atom stereocenters. The summed E-state index contributed by atoms with van der Waals surface area (Å²) < 4.78 is 13.5. The number of benzene rings is 1. The molecule has 0 saturated carbocycles. The molecule has 0 spiro atoms. The van der Waals surface area contributed by atoms with E-state index in [-0.39, 0.29) is 24.2 Å². The van der Waals surface area contributed by atoms with E-state index in [4.69, 9.17) is 0 Å². The molecule has 0 radical (unpaired) electrons. The number of aromatic hydroxyl groups is 1. The molecule has 19 heavy (non-hydrogen) atoms. The molecule has 1 aromatic rings. The highest BCUT2D eigenvalue weighted by Gasteiger charge is 2.22. The average Bonchev–Trinajstić information content (AvgIpc) is 2.40. The Hall–Kier alpha value is -0.840. The van der Waals surface area contributed by atoms with Crippen LogP contribution < -0.4 is 5.32 Å². The zero-order valence-electron chi connectivity index (χ0n) is 11.2. The van der Waals surface area contributed by atoms with Crippen molar-refractivity contribution in [2.24, 2.45) is 0 Å². The summed E-state index contributed by atoms with van der Waals surface area (Å²) in [6.07, 6.45) is 2.08. The Morgan fingerprint density at radius 3 is 2.63 bits per heavy atom. The van der Waals surface area contributed by atoms with Crippen LogP contribution in [-0.2, 0) is 0 Å². The minimum Gasteiger partial charge on any atom is -0.505 e. The van der Waals surface area contributed by atoms with E-state index in [1.165, 1.54) is 12.1 Å². The van der Waals surface area contributed by atoms with Crippen molar-refractivity contribution in [3.8, 4) is 5.75 Å². The number of phenols is 1. The number of piperazine rings is 1. The Morgan fingerprint density at radius 1 is 1.37 bits per heavy atom. The van der Waals surface area contributed by atoms with Crippen LogP contribution in [0, 0.1) is 5.82 Å². The standard InChI is InChI=1S/C14H21FN2O.ClH/c1-2-3-13(17-8-6-16-7-9-17)11-4-5-14(18)12(15)10-11;/h4-5,10,13,16,18H,2-3,6-9H2,1H3;1H/t13-;/m1./s1. The Balaban J connectivity index is 0.00000180. The van der Waals surface area contributed by atoms with Gasteiger partial charge in [-0.3, -0.25) is 4.90 Å². The molecule has 1 aliphatic rings. The second-order valence-corrected chi connectivity index (χ2v) is 4.80. The van der Waals surface area contributed by atoms with Gasteiger partial charge in [-0.2, -0.15) is 0 Å². The Morgan fingerprint density at radius 2 is 2.05 bits per heavy atom. The van der Waals surface area contributed by atoms with E-state index in [1.54, 1.807) is 0 Å². The molecule has 108 valence electrons. The molecule has 2 N–H and O–H groups in total. The summed E-state index contributed by atoms with van der Waals surface area (Å²) in [5.41, 5.74) is 0.967. The molecule has 1 heterocycles. The lowest BCUT2D eigenvalue weighted by molar-refractivity contribution is 0.164. The molecule has 2 rings (SSSR count). The van der Waals surface area contributed by atoms with E-state index in [9.17, 15) is 9.50 Å². The van der Waals surface area contributed by atoms with Crippen molar-refractivity contribution in [2.75, 3.05) is 26.2 Å². The van der Waals surface area contributed by atoms with E-state index >= 15 is 0 Å². The first kappa shape index (κ1) is 16.2. The lowest BCUT2D eigenvalue weighted by Gasteiger charge is -2.35. The summed E-state index contributed by atoms with van der Waals surface area (Å²) in [5.74, 6) is -0.793. The van der Waals surface area contributed by atoms with Crippen LogP contribution in [0.5, 0.6) is 5.75 Å². The molecule has 0 bridgehead atoms. The van der Waals surface area contributed by atoms with E-state index in [1.807, 2.05) is 6.07 Å². The lowest BCUT2D eigenvalue weighted by Crippen LogP contribution is -2.45. The third-order valence-corrected chi connectivity index (χ3v) is 3.51. The second kappa shape index (κ2) is 7.68. The summed E-state index contributed by atoms with van der Waals surface area (Å²) in [6.45, 7) is 6.11. The van der Waals surface area contributed by atoms with Crippen molar-refractivity contribution in [3.05, 3.63) is 29.6 Å². The Labute approximate surface area is 120 Å². The van der Waals surface area contributed by atoms with E-state index in [2.05, 4.69) is 17.1 Å². The summed E-state index contributed by atoms with van der Waals surface area (Å²) >= 11 is 0. The topological polar surface area (TPSA) is 35.5 Å². The van der Waals surface area contributed by atoms with Gasteiger partial charge in [0, 0.05) is 32.2 Å². The maximum absolute atomic E-state index is 13.5. The predicted molar refractivity (Wildman–Crippen MR) is 77.4 cm³/mol. The molecule has 5 heteroatoms. The normalized spacial score (nSPS) is 17.8. The van der Waals surface area contributed by atoms with Crippen molar-refractivity contribution in [3.63, 3.8) is 0 Å². The zero-order chi connectivity index (χ0) is 13.0. The number of rotatable bonds is 4. The maximum Gasteiger partial charge on any atom is 0.165 e. The highest BCUT2D eigenvalue weighted by molar-refractivity contribution is 5.85. The summed E-state index contributed by atoms with van der Waals surface area (Å²) in [5, 5.41) is 12.6. The van der Waals surface area contributed by atoms with Gasteiger partial charge in [-0.1, -0.05) is 19.4 Å². The van der Waals surface area contributed by atoms with Crippen LogP contribution in [0.1, 0.15) is 31.4 Å². The van der Waals surface area contributed by atoms with Crippen molar-refractivity contribution in [2.45, 2.75) is 25.8 Å². The van der Waals surface area contributed by atoms with Crippen molar-refractivity contribution in [1.82, 2.24) is 10.2 Å². The summed E-state index contributed by atoms with van der Waals surface area (Å²) in [6, 6.07) is 5.01. The summed E-state index contributed by atoms with van der Waals surface area (Å²) in [7, 11) is 0. The van der Waals surface area contributed by atoms with Gasteiger partial charge in [0.2, 0.25) is 0 Å². The highest BCUT2D eigenvalue weighted by atomic mass is 35.5. The molecule has 1 saturated heterocycles. The van der Waals surface area contributed by atoms with Crippen LogP contribution in [0.25, 0.3) is 0 Å². The Kier molecular flexibility index (Phi) is 6.55. The van der Waals surface area contributed by atoms with Crippen LogP contribution in [0.4, 0.5) is 4.39 Å². The number of hydrogen-bond donors (Lipinski definition) is 2. The molecule has 1 aromatic carbocycles. The minimum absolute atomic E-state index is 0. The van der Waals surface area contributed by atoms with Crippen LogP contribution in [0.15, 0.2) is 18.2 Å². The highest BCUT2D eigenvalue weighted by Crippen LogP contribution is 2.28. The number of hydrogen-bond acceptors (Lipinski definition) is 3. The second-order valence-electron chi connectivity index (χ2n) is 4.80. The number of halogens is 2. The van der Waals surface area contributed by atoms with Gasteiger partial charge in [0.25, 0.3) is 0 Å². The molecule has 1 fully saturated rings. The largest absolute Gasteiger partial charge is 0.505 e. The van der Waals surface area contributed by atoms with Gasteiger partial charge >= 0.3 is 0 Å². The molecular formula is C14H22ClFN2O. The zero-order valence-corrected chi connectivity index (χ0v) is 12.0. The van der Waals surface area contributed by atoms with Gasteiger partial charge in [0.15, 0.2) is 11.6 Å². The van der Waals surface area contributed by atoms with Crippen LogP contribution >= 0.6 is 12.4 Å². The molecule has 0 aromatic heterocycles. The van der Waals surface area contributed by atoms with E-state index < -0.39 is 5.82 Å². The fraction of sp³-hybridized carbons (Fsp3) is 0.571. The van der Waals surface area contributed by atoms with Crippen LogP contribution in [0.2, 0.25) is 0 Å². The molecule has 3 nitrogen and oxygen atoms in total. The van der Waals surface area contributed by atoms with Gasteiger partial charge in [-0.25, -0.2) is 4.39 Å². The molecule has 0 unspecified atom stereocenters. The molecule has 1 aliphatic heterocycles. The van der Waals surface area contributed by atoms with Gasteiger partial charge in [-0.05, 0) is 24.1 Å². The van der Waals surface area contributed by atoms with Crippen molar-refractivity contribution < 1.29 is 9.50 Å². The SMILES string of the molecule is CCC[C@H](c1ccc(O)c(F)c1)N1CCNCC1.Cl. The number of nitrogens with zero attached hydrogens (tertiary/aromatic N) is 1. The first-order chi connectivity index (χ1) is 8.72. The van der Waals surface area contributed by atoms with Crippen LogP contribution in [0.3, 0.4) is 0 Å². The molecular weight excluding hydrogens is 267 g/mol. The van der Waals surface area contributed by atoms with Crippen LogP contribution in [-0.4, -0.2) is 36.2 Å². The minimum atomic E-state index is -0.524. The predicted octanol–water partition coefficient (Wildman–Crippen LogP) is 2.70. The third-order valence-electron chi connectivity index (χ3n) is 3.51. The van der Waals surface area contributed by atoms with E-state index in [0.29, 0.717) is 0 Å². The monoisotopic (exact) mass is 288 g/mol.